The molecule has 1 unspecified atom stereocenters. The number of aryl methyl sites for hydroxylation is 1. The highest BCUT2D eigenvalue weighted by Gasteiger charge is 2.12. The maximum atomic E-state index is 9.95. The normalized spacial score (nSPS) is 12.1. The molecule has 0 saturated carbocycles. The van der Waals surface area contributed by atoms with Crippen molar-refractivity contribution in [3.8, 4) is 11.5 Å². The third-order valence-electron chi connectivity index (χ3n) is 2.69. The summed E-state index contributed by atoms with van der Waals surface area (Å²) in [7, 11) is 0. The van der Waals surface area contributed by atoms with Crippen LogP contribution in [-0.2, 0) is 0 Å². The molecular weight excluding hydrogens is 228 g/mol. The minimum Gasteiger partial charge on any atom is -0.508 e. The molecule has 0 fully saturated rings. The molecule has 0 aliphatic heterocycles. The Morgan fingerprint density at radius 3 is 2.61 bits per heavy atom. The van der Waals surface area contributed by atoms with Gasteiger partial charge in [0.25, 0.3) is 0 Å². The van der Waals surface area contributed by atoms with Gasteiger partial charge in [-0.3, -0.25) is 0 Å². The lowest BCUT2D eigenvalue weighted by Gasteiger charge is -2.14. The van der Waals surface area contributed by atoms with Crippen molar-refractivity contribution < 1.29 is 14.9 Å². The van der Waals surface area contributed by atoms with Crippen molar-refractivity contribution in [1.82, 2.24) is 0 Å². The van der Waals surface area contributed by atoms with E-state index in [0.29, 0.717) is 11.3 Å². The van der Waals surface area contributed by atoms with Gasteiger partial charge < -0.3 is 14.9 Å². The average molecular weight is 244 g/mol. The second-order valence-corrected chi connectivity index (χ2v) is 4.20. The molecule has 0 heterocycles. The van der Waals surface area contributed by atoms with Crippen molar-refractivity contribution in [2.24, 2.45) is 0 Å². The van der Waals surface area contributed by atoms with Crippen LogP contribution in [0, 0.1) is 6.92 Å². The van der Waals surface area contributed by atoms with Crippen LogP contribution in [0.15, 0.2) is 48.5 Å². The average Bonchev–Trinajstić information content (AvgIpc) is 2.37. The molecule has 3 heteroatoms. The predicted molar refractivity (Wildman–Crippen MR) is 69.7 cm³/mol. The zero-order valence-electron chi connectivity index (χ0n) is 10.2. The van der Waals surface area contributed by atoms with Crippen LogP contribution in [0.1, 0.15) is 17.2 Å². The molecule has 18 heavy (non-hydrogen) atoms. The van der Waals surface area contributed by atoms with Crippen molar-refractivity contribution in [2.75, 3.05) is 6.61 Å². The minimum atomic E-state index is -0.841. The number of aliphatic hydroxyl groups is 1. The second-order valence-electron chi connectivity index (χ2n) is 4.20. The molecule has 0 radical (unpaired) electrons. The van der Waals surface area contributed by atoms with Crippen LogP contribution >= 0.6 is 0 Å². The molecule has 0 bridgehead atoms. The van der Waals surface area contributed by atoms with Crippen LogP contribution in [0.5, 0.6) is 11.5 Å². The first kappa shape index (κ1) is 12.5. The molecule has 0 aliphatic rings. The third kappa shape index (κ3) is 3.02. The molecule has 0 saturated heterocycles. The van der Waals surface area contributed by atoms with E-state index in [1.165, 1.54) is 0 Å². The van der Waals surface area contributed by atoms with Gasteiger partial charge >= 0.3 is 0 Å². The minimum absolute atomic E-state index is 0.0813. The zero-order chi connectivity index (χ0) is 13.0. The maximum absolute atomic E-state index is 9.95. The van der Waals surface area contributed by atoms with Crippen molar-refractivity contribution in [2.45, 2.75) is 13.0 Å². The fourth-order valence-corrected chi connectivity index (χ4v) is 1.74. The Morgan fingerprint density at radius 2 is 1.89 bits per heavy atom. The van der Waals surface area contributed by atoms with E-state index in [0.717, 1.165) is 5.56 Å². The van der Waals surface area contributed by atoms with Crippen molar-refractivity contribution in [1.29, 1.82) is 0 Å². The fourth-order valence-electron chi connectivity index (χ4n) is 1.74. The van der Waals surface area contributed by atoms with Crippen LogP contribution < -0.4 is 4.74 Å². The van der Waals surface area contributed by atoms with Gasteiger partial charge in [-0.1, -0.05) is 30.3 Å². The first-order valence-corrected chi connectivity index (χ1v) is 5.82. The number of hydrogen-bond acceptors (Lipinski definition) is 3. The number of phenols is 1. The Hall–Kier alpha value is -2.00. The maximum Gasteiger partial charge on any atom is 0.121 e. The first-order valence-electron chi connectivity index (χ1n) is 5.82. The van der Waals surface area contributed by atoms with E-state index in [4.69, 9.17) is 4.74 Å². The number of phenolic OH excluding ortho intramolecular Hbond substituents is 1. The molecule has 0 spiro atoms. The van der Waals surface area contributed by atoms with Gasteiger partial charge in [0.1, 0.15) is 24.2 Å². The highest BCUT2D eigenvalue weighted by molar-refractivity contribution is 5.34. The highest BCUT2D eigenvalue weighted by Crippen LogP contribution is 2.24. The summed E-state index contributed by atoms with van der Waals surface area (Å²) in [5.74, 6) is 0.794. The number of ether oxygens (including phenoxy) is 1. The van der Waals surface area contributed by atoms with Gasteiger partial charge in [-0.05, 0) is 30.7 Å². The Labute approximate surface area is 106 Å². The number of aromatic hydroxyl groups is 1. The van der Waals surface area contributed by atoms with E-state index < -0.39 is 6.10 Å². The summed E-state index contributed by atoms with van der Waals surface area (Å²) in [6.45, 7) is 2.09. The summed E-state index contributed by atoms with van der Waals surface area (Å²) in [6, 6.07) is 14.3. The van der Waals surface area contributed by atoms with E-state index in [-0.39, 0.29) is 12.4 Å². The number of hydrogen-bond donors (Lipinski definition) is 2. The molecule has 2 N–H and O–H groups in total. The highest BCUT2D eigenvalue weighted by atomic mass is 16.5. The molecule has 2 aromatic carbocycles. The van der Waals surface area contributed by atoms with Gasteiger partial charge in [0.2, 0.25) is 0 Å². The number of rotatable bonds is 4. The smallest absolute Gasteiger partial charge is 0.121 e. The van der Waals surface area contributed by atoms with Gasteiger partial charge in [-0.15, -0.1) is 0 Å². The fraction of sp³-hybridized carbons (Fsp3) is 0.200. The van der Waals surface area contributed by atoms with E-state index >= 15 is 0 Å². The lowest BCUT2D eigenvalue weighted by molar-refractivity contribution is 0.106. The Kier molecular flexibility index (Phi) is 3.85. The third-order valence-corrected chi connectivity index (χ3v) is 2.69. The van der Waals surface area contributed by atoms with Crippen LogP contribution in [-0.4, -0.2) is 16.8 Å². The van der Waals surface area contributed by atoms with Crippen molar-refractivity contribution >= 4 is 0 Å². The lowest BCUT2D eigenvalue weighted by Crippen LogP contribution is -2.09. The molecule has 3 nitrogen and oxygen atoms in total. The largest absolute Gasteiger partial charge is 0.508 e. The van der Waals surface area contributed by atoms with Gasteiger partial charge in [0, 0.05) is 5.56 Å². The quantitative estimate of drug-likeness (QED) is 0.869. The molecule has 94 valence electrons. The standard InChI is InChI=1S/C15H16O3/c1-11-5-4-6-12(9-11)18-10-15(17)13-7-2-3-8-14(13)16/h2-9,15-17H,10H2,1H3. The molecule has 2 aromatic rings. The van der Waals surface area contributed by atoms with E-state index in [9.17, 15) is 10.2 Å². The SMILES string of the molecule is Cc1cccc(OCC(O)c2ccccc2O)c1. The number of aliphatic hydroxyl groups excluding tert-OH is 1. The van der Waals surface area contributed by atoms with Crippen LogP contribution in [0.4, 0.5) is 0 Å². The van der Waals surface area contributed by atoms with Gasteiger partial charge in [0.05, 0.1) is 0 Å². The molecule has 2 rings (SSSR count). The predicted octanol–water partition coefficient (Wildman–Crippen LogP) is 2.81. The van der Waals surface area contributed by atoms with E-state index in [1.54, 1.807) is 24.3 Å². The topological polar surface area (TPSA) is 49.7 Å². The second kappa shape index (κ2) is 5.56. The molecule has 1 atom stereocenters. The van der Waals surface area contributed by atoms with E-state index in [2.05, 4.69) is 0 Å². The van der Waals surface area contributed by atoms with Gasteiger partial charge in [-0.25, -0.2) is 0 Å². The van der Waals surface area contributed by atoms with Crippen molar-refractivity contribution in [3.05, 3.63) is 59.7 Å². The first-order chi connectivity index (χ1) is 8.66. The van der Waals surface area contributed by atoms with Crippen LogP contribution in [0.2, 0.25) is 0 Å². The van der Waals surface area contributed by atoms with Gasteiger partial charge in [0.15, 0.2) is 0 Å². The lowest BCUT2D eigenvalue weighted by atomic mass is 10.1. The Balaban J connectivity index is 2.00. The monoisotopic (exact) mass is 244 g/mol. The summed E-state index contributed by atoms with van der Waals surface area (Å²) in [5, 5.41) is 19.6. The van der Waals surface area contributed by atoms with E-state index in [1.807, 2.05) is 31.2 Å². The summed E-state index contributed by atoms with van der Waals surface area (Å²) in [6.07, 6.45) is -0.841. The molecule has 0 aromatic heterocycles. The molecular formula is C15H16O3. The summed E-state index contributed by atoms with van der Waals surface area (Å²) in [5.41, 5.74) is 1.58. The summed E-state index contributed by atoms with van der Waals surface area (Å²) >= 11 is 0. The van der Waals surface area contributed by atoms with Crippen LogP contribution in [0.25, 0.3) is 0 Å². The summed E-state index contributed by atoms with van der Waals surface area (Å²) in [4.78, 5) is 0. The van der Waals surface area contributed by atoms with Crippen molar-refractivity contribution in [3.63, 3.8) is 0 Å². The zero-order valence-corrected chi connectivity index (χ0v) is 10.2. The Bertz CT molecular complexity index is 523. The Morgan fingerprint density at radius 1 is 1.11 bits per heavy atom. The number of benzene rings is 2. The molecule has 0 amide bonds. The van der Waals surface area contributed by atoms with Gasteiger partial charge in [-0.2, -0.15) is 0 Å². The molecule has 0 aliphatic carbocycles. The summed E-state index contributed by atoms with van der Waals surface area (Å²) < 4.78 is 5.50. The number of para-hydroxylation sites is 1. The van der Waals surface area contributed by atoms with Crippen LogP contribution in [0.3, 0.4) is 0 Å².